The summed E-state index contributed by atoms with van der Waals surface area (Å²) >= 11 is 0. The first-order chi connectivity index (χ1) is 8.13. The molecule has 0 N–H and O–H groups in total. The van der Waals surface area contributed by atoms with Crippen molar-refractivity contribution in [2.24, 2.45) is 11.3 Å². The summed E-state index contributed by atoms with van der Waals surface area (Å²) in [5, 5.41) is 0. The van der Waals surface area contributed by atoms with Crippen LogP contribution in [0.25, 0.3) is 0 Å². The summed E-state index contributed by atoms with van der Waals surface area (Å²) in [6.07, 6.45) is 5.63. The second-order valence-corrected chi connectivity index (χ2v) is 5.70. The number of hydrogen-bond donors (Lipinski definition) is 0. The number of ether oxygens (including phenoxy) is 1. The van der Waals surface area contributed by atoms with E-state index in [9.17, 15) is 4.79 Å². The Kier molecular flexibility index (Phi) is 6.14. The number of carbonyl (C=O) groups is 1. The van der Waals surface area contributed by atoms with Crippen LogP contribution in [0, 0.1) is 11.3 Å². The molecule has 1 aliphatic heterocycles. The van der Waals surface area contributed by atoms with Crippen LogP contribution in [0.5, 0.6) is 0 Å². The quantitative estimate of drug-likeness (QED) is 0.641. The van der Waals surface area contributed by atoms with E-state index in [-0.39, 0.29) is 5.41 Å². The van der Waals surface area contributed by atoms with Crippen LogP contribution in [0.1, 0.15) is 39.5 Å². The van der Waals surface area contributed by atoms with Crippen LogP contribution in [0.4, 0.5) is 0 Å². The second kappa shape index (κ2) is 7.12. The van der Waals surface area contributed by atoms with Crippen molar-refractivity contribution in [2.75, 3.05) is 33.4 Å². The number of likely N-dealkylation sites (tertiary alicyclic amines) is 1. The first-order valence-electron chi connectivity index (χ1n) is 6.81. The van der Waals surface area contributed by atoms with Gasteiger partial charge in [-0.05, 0) is 38.3 Å². The molecule has 1 atom stereocenters. The molecule has 1 rings (SSSR count). The van der Waals surface area contributed by atoms with Gasteiger partial charge in [-0.2, -0.15) is 0 Å². The van der Waals surface area contributed by atoms with Crippen LogP contribution in [-0.4, -0.2) is 44.5 Å². The molecule has 0 radical (unpaired) electrons. The van der Waals surface area contributed by atoms with Crippen molar-refractivity contribution in [2.45, 2.75) is 39.5 Å². The highest BCUT2D eigenvalue weighted by molar-refractivity contribution is 5.59. The Hall–Kier alpha value is -0.410. The molecule has 1 fully saturated rings. The standard InChI is InChI=1S/C14H27NO2/c1-4-7-14(2,12-16)11-15-8-5-13(6-9-15)10-17-3/h12-13H,4-11H2,1-3H3. The number of rotatable bonds is 7. The number of nitrogens with zero attached hydrogens (tertiary/aromatic N) is 1. The first kappa shape index (κ1) is 14.7. The molecule has 3 heteroatoms. The van der Waals surface area contributed by atoms with Crippen molar-refractivity contribution < 1.29 is 9.53 Å². The highest BCUT2D eigenvalue weighted by atomic mass is 16.5. The maximum absolute atomic E-state index is 11.2. The molecule has 0 aliphatic carbocycles. The molecule has 1 unspecified atom stereocenters. The van der Waals surface area contributed by atoms with Crippen molar-refractivity contribution in [3.63, 3.8) is 0 Å². The minimum atomic E-state index is -0.150. The van der Waals surface area contributed by atoms with E-state index in [1.807, 2.05) is 0 Å². The maximum atomic E-state index is 11.2. The zero-order valence-electron chi connectivity index (χ0n) is 11.6. The van der Waals surface area contributed by atoms with Crippen LogP contribution >= 0.6 is 0 Å². The molecule has 0 spiro atoms. The van der Waals surface area contributed by atoms with Gasteiger partial charge in [0.1, 0.15) is 6.29 Å². The monoisotopic (exact) mass is 241 g/mol. The third-order valence-corrected chi connectivity index (χ3v) is 3.80. The molecule has 17 heavy (non-hydrogen) atoms. The maximum Gasteiger partial charge on any atom is 0.127 e. The lowest BCUT2D eigenvalue weighted by molar-refractivity contribution is -0.117. The first-order valence-corrected chi connectivity index (χ1v) is 6.81. The zero-order chi connectivity index (χ0) is 12.7. The molecular weight excluding hydrogens is 214 g/mol. The molecule has 1 saturated heterocycles. The Morgan fingerprint density at radius 3 is 2.53 bits per heavy atom. The van der Waals surface area contributed by atoms with Crippen LogP contribution in [-0.2, 0) is 9.53 Å². The average molecular weight is 241 g/mol. The van der Waals surface area contributed by atoms with Crippen molar-refractivity contribution in [1.29, 1.82) is 0 Å². The lowest BCUT2D eigenvalue weighted by atomic mass is 9.85. The summed E-state index contributed by atoms with van der Waals surface area (Å²) in [6.45, 7) is 8.26. The second-order valence-electron chi connectivity index (χ2n) is 5.70. The number of piperidine rings is 1. The van der Waals surface area contributed by atoms with E-state index in [1.165, 1.54) is 12.8 Å². The number of carbonyl (C=O) groups excluding carboxylic acids is 1. The van der Waals surface area contributed by atoms with Gasteiger partial charge in [0.15, 0.2) is 0 Å². The van der Waals surface area contributed by atoms with E-state index in [1.54, 1.807) is 7.11 Å². The average Bonchev–Trinajstić information content (AvgIpc) is 2.32. The summed E-state index contributed by atoms with van der Waals surface area (Å²) in [6, 6.07) is 0. The molecule has 3 nitrogen and oxygen atoms in total. The molecule has 0 bridgehead atoms. The molecule has 0 saturated carbocycles. The van der Waals surface area contributed by atoms with Gasteiger partial charge in [0.25, 0.3) is 0 Å². The molecule has 1 aliphatic rings. The van der Waals surface area contributed by atoms with E-state index in [4.69, 9.17) is 4.74 Å². The van der Waals surface area contributed by atoms with E-state index < -0.39 is 0 Å². The Morgan fingerprint density at radius 1 is 1.41 bits per heavy atom. The van der Waals surface area contributed by atoms with Gasteiger partial charge >= 0.3 is 0 Å². The molecule has 1 heterocycles. The fourth-order valence-corrected chi connectivity index (χ4v) is 2.80. The van der Waals surface area contributed by atoms with Gasteiger partial charge in [-0.25, -0.2) is 0 Å². The van der Waals surface area contributed by atoms with Crippen molar-refractivity contribution >= 4 is 6.29 Å². The van der Waals surface area contributed by atoms with Gasteiger partial charge in [0.2, 0.25) is 0 Å². The van der Waals surface area contributed by atoms with Gasteiger partial charge in [-0.15, -0.1) is 0 Å². The van der Waals surface area contributed by atoms with E-state index in [2.05, 4.69) is 18.7 Å². The third kappa shape index (κ3) is 4.76. The van der Waals surface area contributed by atoms with Crippen molar-refractivity contribution in [3.8, 4) is 0 Å². The summed E-state index contributed by atoms with van der Waals surface area (Å²) in [4.78, 5) is 13.7. The van der Waals surface area contributed by atoms with Crippen molar-refractivity contribution in [1.82, 2.24) is 4.90 Å². The zero-order valence-corrected chi connectivity index (χ0v) is 11.6. The van der Waals surface area contributed by atoms with Crippen LogP contribution in [0.3, 0.4) is 0 Å². The molecule has 100 valence electrons. The molecule has 0 amide bonds. The topological polar surface area (TPSA) is 29.5 Å². The Morgan fingerprint density at radius 2 is 2.06 bits per heavy atom. The van der Waals surface area contributed by atoms with Gasteiger partial charge in [-0.1, -0.05) is 20.3 Å². The van der Waals surface area contributed by atoms with Crippen LogP contribution in [0.15, 0.2) is 0 Å². The van der Waals surface area contributed by atoms with Crippen LogP contribution < -0.4 is 0 Å². The van der Waals surface area contributed by atoms with E-state index >= 15 is 0 Å². The molecule has 0 aromatic heterocycles. The Balaban J connectivity index is 2.36. The fraction of sp³-hybridized carbons (Fsp3) is 0.929. The lowest BCUT2D eigenvalue weighted by Crippen LogP contribution is -2.42. The predicted molar refractivity (Wildman–Crippen MR) is 70.1 cm³/mol. The highest BCUT2D eigenvalue weighted by Gasteiger charge is 2.28. The minimum Gasteiger partial charge on any atom is -0.384 e. The summed E-state index contributed by atoms with van der Waals surface area (Å²) in [5.41, 5.74) is -0.150. The summed E-state index contributed by atoms with van der Waals surface area (Å²) < 4.78 is 5.20. The van der Waals surface area contributed by atoms with Gasteiger partial charge in [0, 0.05) is 25.7 Å². The Labute approximate surface area is 106 Å². The van der Waals surface area contributed by atoms with Crippen molar-refractivity contribution in [3.05, 3.63) is 0 Å². The normalized spacial score (nSPS) is 22.3. The molecule has 0 aromatic rings. The SMILES string of the molecule is CCCC(C)(C=O)CN1CCC(COC)CC1. The number of hydrogen-bond acceptors (Lipinski definition) is 3. The largest absolute Gasteiger partial charge is 0.384 e. The Bertz CT molecular complexity index is 224. The summed E-state index contributed by atoms with van der Waals surface area (Å²) in [7, 11) is 1.77. The lowest BCUT2D eigenvalue weighted by Gasteiger charge is -2.36. The van der Waals surface area contributed by atoms with Crippen LogP contribution in [0.2, 0.25) is 0 Å². The van der Waals surface area contributed by atoms with Gasteiger partial charge in [-0.3, -0.25) is 0 Å². The van der Waals surface area contributed by atoms with E-state index in [0.717, 1.165) is 45.4 Å². The number of methoxy groups -OCH3 is 1. The fourth-order valence-electron chi connectivity index (χ4n) is 2.80. The molecular formula is C14H27NO2. The summed E-state index contributed by atoms with van der Waals surface area (Å²) in [5.74, 6) is 0.713. The third-order valence-electron chi connectivity index (χ3n) is 3.80. The molecule has 0 aromatic carbocycles. The minimum absolute atomic E-state index is 0.150. The highest BCUT2D eigenvalue weighted by Crippen LogP contribution is 2.25. The predicted octanol–water partition coefficient (Wildman–Crippen LogP) is 2.35. The smallest absolute Gasteiger partial charge is 0.127 e. The number of aldehydes is 1. The van der Waals surface area contributed by atoms with Gasteiger partial charge < -0.3 is 14.4 Å². The van der Waals surface area contributed by atoms with E-state index in [0.29, 0.717) is 5.92 Å². The van der Waals surface area contributed by atoms with Gasteiger partial charge in [0.05, 0.1) is 0 Å².